The van der Waals surface area contributed by atoms with Crippen LogP contribution >= 0.6 is 0 Å². The highest BCUT2D eigenvalue weighted by Crippen LogP contribution is 2.66. The zero-order valence-electron chi connectivity index (χ0n) is 15.7. The molecule has 1 aliphatic carbocycles. The Morgan fingerprint density at radius 2 is 2.04 bits per heavy atom. The van der Waals surface area contributed by atoms with Gasteiger partial charge in [0.2, 0.25) is 0 Å². The number of fused-ring (bicyclic) bond motifs is 1. The molecule has 2 aliphatic rings. The fourth-order valence-corrected chi connectivity index (χ4v) is 3.91. The van der Waals surface area contributed by atoms with E-state index in [1.54, 1.807) is 19.3 Å². The van der Waals surface area contributed by atoms with Gasteiger partial charge in [-0.25, -0.2) is 4.99 Å². The van der Waals surface area contributed by atoms with Crippen molar-refractivity contribution in [2.75, 3.05) is 33.9 Å². The summed E-state index contributed by atoms with van der Waals surface area (Å²) in [4.78, 5) is 6.18. The van der Waals surface area contributed by atoms with E-state index >= 15 is 8.78 Å². The molecule has 7 heteroatoms. The van der Waals surface area contributed by atoms with Crippen LogP contribution < -0.4 is 4.74 Å². The smallest absolute Gasteiger partial charge is 0.306 e. The summed E-state index contributed by atoms with van der Waals surface area (Å²) in [6.45, 7) is 5.11. The average Bonchev–Trinajstić information content (AvgIpc) is 2.65. The molecule has 1 saturated heterocycles. The molecule has 1 aromatic carbocycles. The van der Waals surface area contributed by atoms with Crippen LogP contribution in [0, 0.1) is 12.8 Å². The molecule has 1 unspecified atom stereocenters. The second-order valence-electron chi connectivity index (χ2n) is 7.02. The summed E-state index contributed by atoms with van der Waals surface area (Å²) in [6.07, 6.45) is 2.40. The number of rotatable bonds is 5. The summed E-state index contributed by atoms with van der Waals surface area (Å²) in [7, 11) is 3.28. The van der Waals surface area contributed by atoms with E-state index < -0.39 is 17.4 Å². The highest BCUT2D eigenvalue weighted by Gasteiger charge is 2.71. The Balaban J connectivity index is 2.10. The molecule has 1 aliphatic heterocycles. The van der Waals surface area contributed by atoms with Crippen LogP contribution in [0.15, 0.2) is 11.1 Å². The lowest BCUT2D eigenvalue weighted by atomic mass is 9.59. The molecule has 1 aromatic rings. The molecule has 0 saturated carbocycles. The summed E-state index contributed by atoms with van der Waals surface area (Å²) in [6, 6.07) is 1.63. The van der Waals surface area contributed by atoms with Gasteiger partial charge in [-0.05, 0) is 32.3 Å². The van der Waals surface area contributed by atoms with Gasteiger partial charge in [-0.2, -0.15) is 8.78 Å². The predicted molar refractivity (Wildman–Crippen MR) is 95.5 cm³/mol. The maximum absolute atomic E-state index is 15.2. The van der Waals surface area contributed by atoms with Crippen molar-refractivity contribution in [2.24, 2.45) is 10.9 Å². The molecule has 0 bridgehead atoms. The first kappa shape index (κ1) is 19.0. The van der Waals surface area contributed by atoms with Crippen LogP contribution in [-0.4, -0.2) is 50.3 Å². The summed E-state index contributed by atoms with van der Waals surface area (Å²) < 4.78 is 41.0. The van der Waals surface area contributed by atoms with Gasteiger partial charge in [0, 0.05) is 49.9 Å². The summed E-state index contributed by atoms with van der Waals surface area (Å²) in [5.41, 5.74) is -1.36. The number of aliphatic hydroxyl groups is 1. The molecule has 5 nitrogen and oxygen atoms in total. The van der Waals surface area contributed by atoms with Crippen molar-refractivity contribution >= 4 is 12.0 Å². The van der Waals surface area contributed by atoms with Crippen LogP contribution in [0.3, 0.4) is 0 Å². The van der Waals surface area contributed by atoms with Crippen molar-refractivity contribution in [1.82, 2.24) is 4.90 Å². The highest BCUT2D eigenvalue weighted by molar-refractivity contribution is 5.71. The third-order valence-corrected chi connectivity index (χ3v) is 5.62. The van der Waals surface area contributed by atoms with Crippen LogP contribution in [-0.2, 0) is 16.3 Å². The van der Waals surface area contributed by atoms with Gasteiger partial charge in [-0.1, -0.05) is 0 Å². The van der Waals surface area contributed by atoms with Crippen molar-refractivity contribution in [3.8, 4) is 5.75 Å². The van der Waals surface area contributed by atoms with E-state index in [0.717, 1.165) is 6.54 Å². The molecular weight excluding hydrogens is 342 g/mol. The van der Waals surface area contributed by atoms with Crippen molar-refractivity contribution < 1.29 is 23.4 Å². The number of methoxy groups -OCH3 is 1. The van der Waals surface area contributed by atoms with E-state index in [2.05, 4.69) is 4.99 Å². The third kappa shape index (κ3) is 2.60. The fraction of sp³-hybridized carbons (Fsp3) is 0.632. The predicted octanol–water partition coefficient (Wildman–Crippen LogP) is 3.33. The number of benzene rings is 1. The molecule has 0 radical (unpaired) electrons. The Morgan fingerprint density at radius 3 is 2.62 bits per heavy atom. The Kier molecular flexibility index (Phi) is 4.96. The van der Waals surface area contributed by atoms with Crippen molar-refractivity contribution in [2.45, 2.75) is 38.2 Å². The van der Waals surface area contributed by atoms with E-state index in [-0.39, 0.29) is 16.9 Å². The van der Waals surface area contributed by atoms with E-state index in [9.17, 15) is 5.11 Å². The molecule has 1 atom stereocenters. The minimum atomic E-state index is -3.34. The molecule has 144 valence electrons. The monoisotopic (exact) mass is 368 g/mol. The number of halogens is 2. The number of alkyl halides is 2. The lowest BCUT2D eigenvalue weighted by Crippen LogP contribution is -2.59. The normalized spacial score (nSPS) is 25.0. The number of aliphatic imine (C=N–C) groups is 1. The minimum Gasteiger partial charge on any atom is -0.496 e. The lowest BCUT2D eigenvalue weighted by Gasteiger charge is -2.53. The second kappa shape index (κ2) is 6.78. The molecular formula is C19H26F2N2O3. The van der Waals surface area contributed by atoms with Gasteiger partial charge in [0.1, 0.15) is 5.75 Å². The van der Waals surface area contributed by atoms with Gasteiger partial charge in [0.15, 0.2) is 5.60 Å². The number of hydrogen-bond donors (Lipinski definition) is 1. The van der Waals surface area contributed by atoms with Crippen LogP contribution in [0.2, 0.25) is 0 Å². The summed E-state index contributed by atoms with van der Waals surface area (Å²) in [5, 5.41) is 11.1. The number of nitrogens with zero attached hydrogens (tertiary/aromatic N) is 2. The molecule has 0 aromatic heterocycles. The lowest BCUT2D eigenvalue weighted by molar-refractivity contribution is -0.262. The summed E-state index contributed by atoms with van der Waals surface area (Å²) >= 11 is 0. The maximum atomic E-state index is 15.2. The Bertz CT molecular complexity index is 717. The molecule has 1 fully saturated rings. The SMILES string of the molecule is CCN(C)/C=N/c1cc(OC)c2c(c1C)C(F)(F)C2(O)C1CCOCC1. The first-order chi connectivity index (χ1) is 12.3. The van der Waals surface area contributed by atoms with Gasteiger partial charge in [-0.3, -0.25) is 0 Å². The Labute approximate surface area is 152 Å². The number of hydrogen-bond acceptors (Lipinski definition) is 4. The third-order valence-electron chi connectivity index (χ3n) is 5.62. The first-order valence-electron chi connectivity index (χ1n) is 8.93. The quantitative estimate of drug-likeness (QED) is 0.640. The van der Waals surface area contributed by atoms with Crippen LogP contribution in [0.1, 0.15) is 36.5 Å². The summed E-state index contributed by atoms with van der Waals surface area (Å²) in [5.74, 6) is -3.64. The van der Waals surface area contributed by atoms with Crippen LogP contribution in [0.25, 0.3) is 0 Å². The van der Waals surface area contributed by atoms with Crippen molar-refractivity contribution in [3.05, 3.63) is 22.8 Å². The molecule has 3 rings (SSSR count). The average molecular weight is 368 g/mol. The van der Waals surface area contributed by atoms with Crippen molar-refractivity contribution in [1.29, 1.82) is 0 Å². The second-order valence-corrected chi connectivity index (χ2v) is 7.02. The topological polar surface area (TPSA) is 54.3 Å². The molecule has 1 N–H and O–H groups in total. The number of ether oxygens (including phenoxy) is 2. The molecule has 0 spiro atoms. The zero-order chi connectivity index (χ0) is 19.1. The van der Waals surface area contributed by atoms with E-state index in [1.165, 1.54) is 7.11 Å². The van der Waals surface area contributed by atoms with E-state index in [1.807, 2.05) is 18.9 Å². The largest absolute Gasteiger partial charge is 0.496 e. The minimum absolute atomic E-state index is 0.155. The van der Waals surface area contributed by atoms with Gasteiger partial charge < -0.3 is 19.5 Å². The molecule has 26 heavy (non-hydrogen) atoms. The van der Waals surface area contributed by atoms with Crippen molar-refractivity contribution in [3.63, 3.8) is 0 Å². The van der Waals surface area contributed by atoms with E-state index in [4.69, 9.17) is 9.47 Å². The van der Waals surface area contributed by atoms with Gasteiger partial charge in [-0.15, -0.1) is 0 Å². The molecule has 0 amide bonds. The van der Waals surface area contributed by atoms with E-state index in [0.29, 0.717) is 37.3 Å². The fourth-order valence-electron chi connectivity index (χ4n) is 3.91. The van der Waals surface area contributed by atoms with Crippen LogP contribution in [0.4, 0.5) is 14.5 Å². The highest BCUT2D eigenvalue weighted by atomic mass is 19.3. The Morgan fingerprint density at radius 1 is 1.38 bits per heavy atom. The first-order valence-corrected chi connectivity index (χ1v) is 8.93. The zero-order valence-corrected chi connectivity index (χ0v) is 15.7. The standard InChI is InChI=1S/C19H26F2N2O3/c1-5-23(3)11-22-14-10-15(25-4)17-16(12(14)2)19(20,21)18(17,24)13-6-8-26-9-7-13/h10-11,13,24H,5-9H2,1-4H3/b22-11+. The Hall–Kier alpha value is -1.73. The molecule has 1 heterocycles. The van der Waals surface area contributed by atoms with Gasteiger partial charge in [0.25, 0.3) is 0 Å². The van der Waals surface area contributed by atoms with Gasteiger partial charge >= 0.3 is 5.92 Å². The maximum Gasteiger partial charge on any atom is 0.306 e. The van der Waals surface area contributed by atoms with Gasteiger partial charge in [0.05, 0.1) is 19.1 Å². The van der Waals surface area contributed by atoms with Crippen LogP contribution in [0.5, 0.6) is 5.75 Å².